The van der Waals surface area contributed by atoms with Crippen molar-refractivity contribution in [2.75, 3.05) is 101 Å². The summed E-state index contributed by atoms with van der Waals surface area (Å²) in [5, 5.41) is 11.9. The molecule has 0 radical (unpaired) electrons. The van der Waals surface area contributed by atoms with E-state index in [1.165, 1.54) is 25.4 Å². The summed E-state index contributed by atoms with van der Waals surface area (Å²) in [6.07, 6.45) is 10.8. The Balaban J connectivity index is 0.000000182. The van der Waals surface area contributed by atoms with Crippen LogP contribution < -0.4 is 19.2 Å². The van der Waals surface area contributed by atoms with Crippen molar-refractivity contribution in [1.82, 2.24) is 58.7 Å². The Morgan fingerprint density at radius 3 is 1.35 bits per heavy atom. The van der Waals surface area contributed by atoms with E-state index in [1.54, 1.807) is 12.1 Å². The smallest absolute Gasteiger partial charge is 0.208 e. The van der Waals surface area contributed by atoms with Crippen LogP contribution in [-0.2, 0) is 20.0 Å². The van der Waals surface area contributed by atoms with Crippen LogP contribution >= 0.6 is 46.4 Å². The van der Waals surface area contributed by atoms with Crippen molar-refractivity contribution in [3.63, 3.8) is 0 Å². The van der Waals surface area contributed by atoms with Crippen LogP contribution in [-0.4, -0.2) is 157 Å². The fourth-order valence-corrected chi connectivity index (χ4v) is 13.1. The molecule has 74 heavy (non-hydrogen) atoms. The highest BCUT2D eigenvalue weighted by atomic mass is 35.5. The summed E-state index contributed by atoms with van der Waals surface area (Å²) in [5.41, 5.74) is 6.62. The number of piperidine rings is 2. The van der Waals surface area contributed by atoms with Gasteiger partial charge in [0, 0.05) is 85.5 Å². The Hall–Kier alpha value is -3.96. The predicted molar refractivity (Wildman–Crippen MR) is 296 cm³/mol. The Morgan fingerprint density at radius 2 is 0.986 bits per heavy atom. The van der Waals surface area contributed by atoms with Gasteiger partial charge in [0.2, 0.25) is 20.0 Å². The molecule has 8 heterocycles. The highest BCUT2D eigenvalue weighted by molar-refractivity contribution is 7.89. The van der Waals surface area contributed by atoms with Gasteiger partial charge in [0.05, 0.1) is 48.4 Å². The van der Waals surface area contributed by atoms with Gasteiger partial charge in [-0.05, 0) is 126 Å². The van der Waals surface area contributed by atoms with E-state index in [0.29, 0.717) is 56.9 Å². The number of nitrogens with zero attached hydrogens (tertiary/aromatic N) is 12. The average molecular weight is 1130 g/mol. The van der Waals surface area contributed by atoms with E-state index in [1.807, 2.05) is 59.9 Å². The highest BCUT2D eigenvalue weighted by Gasteiger charge is 2.38. The Labute approximate surface area is 454 Å². The first-order chi connectivity index (χ1) is 35.2. The molecule has 0 bridgehead atoms. The van der Waals surface area contributed by atoms with Gasteiger partial charge >= 0.3 is 0 Å². The fourth-order valence-electron chi connectivity index (χ4n) is 11.0. The van der Waals surface area contributed by atoms with Crippen LogP contribution in [0.3, 0.4) is 0 Å². The zero-order valence-corrected chi connectivity index (χ0v) is 47.4. The molecule has 4 aliphatic rings. The lowest BCUT2D eigenvalue weighted by atomic mass is 9.80. The van der Waals surface area contributed by atoms with Crippen LogP contribution in [0, 0.1) is 37.5 Å². The van der Waals surface area contributed by atoms with Crippen molar-refractivity contribution in [2.24, 2.45) is 23.7 Å². The third-order valence-electron chi connectivity index (χ3n) is 15.1. The van der Waals surface area contributed by atoms with Gasteiger partial charge in [-0.15, -0.1) is 0 Å². The van der Waals surface area contributed by atoms with Gasteiger partial charge in [0.15, 0.2) is 11.3 Å². The molecule has 6 aromatic rings. The third kappa shape index (κ3) is 12.9. The summed E-state index contributed by atoms with van der Waals surface area (Å²) in [6.45, 7) is 18.3. The largest absolute Gasteiger partial charge is 0.355 e. The van der Waals surface area contributed by atoms with Crippen LogP contribution in [0.1, 0.15) is 74.1 Å². The van der Waals surface area contributed by atoms with Crippen LogP contribution in [0.2, 0.25) is 20.1 Å². The van der Waals surface area contributed by atoms with Gasteiger partial charge in [-0.25, -0.2) is 55.6 Å². The molecule has 400 valence electrons. The molecule has 24 heteroatoms. The number of sulfonamides is 2. The number of anilines is 2. The molecule has 18 nitrogen and oxygen atoms in total. The normalized spacial score (nSPS) is 20.4. The lowest BCUT2D eigenvalue weighted by Crippen LogP contribution is -2.54. The Bertz CT molecular complexity index is 2990. The van der Waals surface area contributed by atoms with Crippen LogP contribution in [0.25, 0.3) is 22.3 Å². The van der Waals surface area contributed by atoms with E-state index in [0.717, 1.165) is 135 Å². The van der Waals surface area contributed by atoms with Gasteiger partial charge in [-0.3, -0.25) is 0 Å². The van der Waals surface area contributed by atoms with Gasteiger partial charge in [-0.2, -0.15) is 10.2 Å². The maximum atomic E-state index is 11.4. The molecule has 0 spiro atoms. The summed E-state index contributed by atoms with van der Waals surface area (Å²) in [7, 11) is -6.29. The zero-order chi connectivity index (χ0) is 52.6. The molecule has 4 fully saturated rings. The molecular formula is C50H66Cl4N14O4S2. The lowest BCUT2D eigenvalue weighted by molar-refractivity contribution is 0.121. The van der Waals surface area contributed by atoms with Gasteiger partial charge < -0.3 is 19.6 Å². The maximum absolute atomic E-state index is 11.4. The molecule has 4 atom stereocenters. The molecular weight excluding hydrogens is 1070 g/mol. The van der Waals surface area contributed by atoms with Gasteiger partial charge in [-0.1, -0.05) is 58.5 Å². The minimum absolute atomic E-state index is 0.125. The number of rotatable bonds is 16. The summed E-state index contributed by atoms with van der Waals surface area (Å²) < 4.78 is 54.4. The first-order valence-corrected chi connectivity index (χ1v) is 30.6. The maximum Gasteiger partial charge on any atom is 0.208 e. The van der Waals surface area contributed by atoms with E-state index >= 15 is 0 Å². The number of halogens is 4. The summed E-state index contributed by atoms with van der Waals surface area (Å²) in [6, 6.07) is 10.8. The minimum atomic E-state index is -3.14. The third-order valence-corrected chi connectivity index (χ3v) is 17.7. The van der Waals surface area contributed by atoms with Crippen molar-refractivity contribution >= 4 is 100 Å². The van der Waals surface area contributed by atoms with E-state index in [9.17, 15) is 16.8 Å². The molecule has 10 rings (SSSR count). The number of hydrogen-bond donors (Lipinski definition) is 2. The molecule has 0 saturated carbocycles. The highest BCUT2D eigenvalue weighted by Crippen LogP contribution is 2.37. The quantitative estimate of drug-likeness (QED) is 0.0968. The molecule has 4 saturated heterocycles. The number of likely N-dealkylation sites (tertiary alicyclic amines) is 2. The summed E-state index contributed by atoms with van der Waals surface area (Å²) in [4.78, 5) is 28.7. The van der Waals surface area contributed by atoms with Gasteiger partial charge in [0.1, 0.15) is 22.7 Å². The predicted octanol–water partition coefficient (Wildman–Crippen LogP) is 7.50. The number of aromatic nitrogens is 8. The topological polar surface area (TPSA) is 192 Å². The summed E-state index contributed by atoms with van der Waals surface area (Å²) >= 11 is 25.2. The van der Waals surface area contributed by atoms with E-state index in [2.05, 4.69) is 42.9 Å². The van der Waals surface area contributed by atoms with Crippen LogP contribution in [0.5, 0.6) is 0 Å². The SMILES string of the molecule is Cc1nn([C@H](C)c2ccc(Cl)cc2Cl)c2nc(N3CC([C@@H]4CCCN(CCNS(C)(=O)=O)C4)C3)cnc12.Cc1nn([C@H](C)c2ccc(Cl)cc2Cl)c2nc(N3CC([C@H]4CCCN(CCNS(C)(=O)=O)C4)C3)cnc12. The van der Waals surface area contributed by atoms with E-state index < -0.39 is 20.0 Å². The summed E-state index contributed by atoms with van der Waals surface area (Å²) in [5.74, 6) is 4.15. The second-order valence-electron chi connectivity index (χ2n) is 20.6. The first kappa shape index (κ1) is 54.8. The van der Waals surface area contributed by atoms with Crippen LogP contribution in [0.15, 0.2) is 48.8 Å². The van der Waals surface area contributed by atoms with E-state index in [-0.39, 0.29) is 12.1 Å². The van der Waals surface area contributed by atoms with Gasteiger partial charge in [0.25, 0.3) is 0 Å². The monoisotopic (exact) mass is 1130 g/mol. The number of benzene rings is 2. The Kier molecular flexibility index (Phi) is 17.0. The van der Waals surface area contributed by atoms with Crippen molar-refractivity contribution in [3.8, 4) is 0 Å². The Morgan fingerprint density at radius 1 is 0.595 bits per heavy atom. The average Bonchev–Trinajstić information content (AvgIpc) is 3.82. The second-order valence-corrected chi connectivity index (χ2v) is 26.0. The molecule has 4 aliphatic heterocycles. The van der Waals surface area contributed by atoms with E-state index in [4.69, 9.17) is 76.5 Å². The second kappa shape index (κ2) is 22.9. The fraction of sp³-hybridized carbons (Fsp3) is 0.560. The molecule has 2 aromatic carbocycles. The van der Waals surface area contributed by atoms with Crippen molar-refractivity contribution < 1.29 is 16.8 Å². The standard InChI is InChI=1S/2C25H33Cl2N7O2S/c2*1-16-24-25(34(31-16)17(2)21-7-6-20(26)11-22(21)27)30-23(12-28-24)33-14-19(15-33)18-5-4-9-32(13-18)10-8-29-37(3,35)36/h2*6-7,11-12,17-19,29H,4-5,8-10,13-15H2,1-3H3/t17-,18+;17-,18-/m11/s1. The molecule has 2 N–H and O–H groups in total. The number of hydrogen-bond acceptors (Lipinski definition) is 14. The lowest BCUT2D eigenvalue weighted by Gasteiger charge is -2.47. The van der Waals surface area contributed by atoms with Crippen molar-refractivity contribution in [2.45, 2.75) is 65.5 Å². The number of aryl methyl sites for hydroxylation is 2. The van der Waals surface area contributed by atoms with Crippen LogP contribution in [0.4, 0.5) is 11.6 Å². The molecule has 4 aromatic heterocycles. The molecule has 0 aliphatic carbocycles. The van der Waals surface area contributed by atoms with Crippen molar-refractivity contribution in [1.29, 1.82) is 0 Å². The number of nitrogens with one attached hydrogen (secondary N) is 2. The first-order valence-electron chi connectivity index (χ1n) is 25.4. The molecule has 0 amide bonds. The molecule has 0 unspecified atom stereocenters. The number of fused-ring (bicyclic) bond motifs is 2. The minimum Gasteiger partial charge on any atom is -0.355 e. The van der Waals surface area contributed by atoms with Crippen molar-refractivity contribution in [3.05, 3.63) is 91.4 Å². The zero-order valence-electron chi connectivity index (χ0n) is 42.7.